The van der Waals surface area contributed by atoms with Crippen LogP contribution >= 0.6 is 50.7 Å². The molecule has 9 heteroatoms. The van der Waals surface area contributed by atoms with Gasteiger partial charge in [0, 0.05) is 16.2 Å². The Morgan fingerprint density at radius 1 is 1.07 bits per heavy atom. The van der Waals surface area contributed by atoms with Crippen molar-refractivity contribution in [3.8, 4) is 0 Å². The highest BCUT2D eigenvalue weighted by molar-refractivity contribution is 9.10. The number of piperidine rings is 1. The fourth-order valence-corrected chi connectivity index (χ4v) is 4.43. The fraction of sp³-hybridized carbons (Fsp3) is 0.333. The summed E-state index contributed by atoms with van der Waals surface area (Å²) in [4.78, 5) is 0. The number of hydrogen-bond donors (Lipinski definition) is 2. The third kappa shape index (κ3) is 6.07. The van der Waals surface area contributed by atoms with Gasteiger partial charge in [0.2, 0.25) is 0 Å². The van der Waals surface area contributed by atoms with Gasteiger partial charge in [-0.15, -0.1) is 0 Å². The van der Waals surface area contributed by atoms with Crippen molar-refractivity contribution in [2.75, 3.05) is 18.4 Å². The highest BCUT2D eigenvalue weighted by atomic mass is 79.9. The Labute approximate surface area is 196 Å². The minimum Gasteiger partial charge on any atom is -0.381 e. The Kier molecular flexibility index (Phi) is 8.02. The molecule has 0 aromatic heterocycles. The fourth-order valence-electron chi connectivity index (χ4n) is 3.31. The van der Waals surface area contributed by atoms with Crippen molar-refractivity contribution in [3.63, 3.8) is 0 Å². The van der Waals surface area contributed by atoms with Gasteiger partial charge in [-0.3, -0.25) is 0 Å². The topological polar surface area (TPSA) is 24.1 Å². The summed E-state index contributed by atoms with van der Waals surface area (Å²) < 4.78 is 41.8. The van der Waals surface area contributed by atoms with Gasteiger partial charge in [0.05, 0.1) is 21.0 Å². The smallest absolute Gasteiger partial charge is 0.381 e. The number of halogens is 7. The van der Waals surface area contributed by atoms with E-state index >= 15 is 0 Å². The summed E-state index contributed by atoms with van der Waals surface area (Å²) in [6, 6.07) is 8.19. The van der Waals surface area contributed by atoms with Crippen LogP contribution < -0.4 is 10.6 Å². The third-order valence-electron chi connectivity index (χ3n) is 4.89. The normalized spacial score (nSPS) is 16.8. The van der Waals surface area contributed by atoms with Crippen molar-refractivity contribution in [1.29, 1.82) is 0 Å². The maximum Gasteiger partial charge on any atom is 0.399 e. The molecular weight excluding hydrogens is 524 g/mol. The predicted octanol–water partition coefficient (Wildman–Crippen LogP) is 7.93. The highest BCUT2D eigenvalue weighted by Crippen LogP contribution is 2.41. The Morgan fingerprint density at radius 3 is 2.27 bits per heavy atom. The number of anilines is 1. The first-order valence-corrected chi connectivity index (χ1v) is 11.2. The van der Waals surface area contributed by atoms with Crippen molar-refractivity contribution in [3.05, 3.63) is 67.1 Å². The van der Waals surface area contributed by atoms with Crippen LogP contribution in [0.3, 0.4) is 0 Å². The molecule has 1 aliphatic rings. The first kappa shape index (κ1) is 23.7. The molecule has 1 atom stereocenters. The van der Waals surface area contributed by atoms with E-state index in [-0.39, 0.29) is 20.6 Å². The van der Waals surface area contributed by atoms with Crippen LogP contribution in [-0.2, 0) is 0 Å². The Balaban J connectivity index is 1.81. The molecule has 1 fully saturated rings. The zero-order chi connectivity index (χ0) is 21.9. The summed E-state index contributed by atoms with van der Waals surface area (Å²) in [5.41, 5.74) is 1.49. The molecule has 0 radical (unpaired) electrons. The van der Waals surface area contributed by atoms with Crippen LogP contribution in [-0.4, -0.2) is 25.3 Å². The molecule has 162 valence electrons. The van der Waals surface area contributed by atoms with Gasteiger partial charge < -0.3 is 10.6 Å². The van der Waals surface area contributed by atoms with Crippen LogP contribution in [0.4, 0.5) is 18.9 Å². The lowest BCUT2D eigenvalue weighted by Gasteiger charge is -2.25. The Morgan fingerprint density at radius 2 is 1.70 bits per heavy atom. The molecule has 0 aliphatic carbocycles. The Bertz CT molecular complexity index is 905. The van der Waals surface area contributed by atoms with Gasteiger partial charge in [-0.1, -0.05) is 53.0 Å². The molecule has 0 saturated carbocycles. The lowest BCUT2D eigenvalue weighted by molar-refractivity contribution is -0.139. The molecule has 2 N–H and O–H groups in total. The molecule has 1 unspecified atom stereocenters. The van der Waals surface area contributed by atoms with E-state index in [1.54, 1.807) is 12.1 Å². The molecule has 0 spiro atoms. The van der Waals surface area contributed by atoms with Crippen molar-refractivity contribution >= 4 is 62.5 Å². The average Bonchev–Trinajstić information content (AvgIpc) is 2.68. The SMILES string of the molecule is FC(F)(F)C(C=Cc1ccc(NC2CCNCC2)c(Br)c1)c1cc(Cl)c(Cl)c(Cl)c1. The molecular formula is C21H19BrCl3F3N2. The minimum absolute atomic E-state index is 0.0158. The summed E-state index contributed by atoms with van der Waals surface area (Å²) in [6.07, 6.45) is 0.0666. The highest BCUT2D eigenvalue weighted by Gasteiger charge is 2.39. The number of rotatable bonds is 5. The standard InChI is InChI=1S/C21H19BrCl3F3N2/c22-16-9-12(2-4-19(16)30-14-5-7-29-8-6-14)1-3-15(21(26,27)28)13-10-17(23)20(25)18(24)11-13/h1-4,9-11,14-15,29-30H,5-8H2. The average molecular weight is 543 g/mol. The second kappa shape index (κ2) is 10.1. The van der Waals surface area contributed by atoms with E-state index in [0.29, 0.717) is 11.6 Å². The third-order valence-corrected chi connectivity index (χ3v) is 6.74. The quantitative estimate of drug-likeness (QED) is 0.375. The first-order valence-electron chi connectivity index (χ1n) is 9.31. The van der Waals surface area contributed by atoms with Crippen LogP contribution in [0.15, 0.2) is 40.9 Å². The van der Waals surface area contributed by atoms with Crippen molar-refractivity contribution in [1.82, 2.24) is 5.32 Å². The van der Waals surface area contributed by atoms with Crippen LogP contribution in [0.5, 0.6) is 0 Å². The zero-order valence-corrected chi connectivity index (χ0v) is 19.5. The summed E-state index contributed by atoms with van der Waals surface area (Å²) in [5.74, 6) is -1.86. The summed E-state index contributed by atoms with van der Waals surface area (Å²) in [5, 5.41) is 6.79. The predicted molar refractivity (Wildman–Crippen MR) is 123 cm³/mol. The van der Waals surface area contributed by atoms with Crippen molar-refractivity contribution < 1.29 is 13.2 Å². The first-order chi connectivity index (χ1) is 14.1. The van der Waals surface area contributed by atoms with Gasteiger partial charge >= 0.3 is 6.18 Å². The van der Waals surface area contributed by atoms with Gasteiger partial charge in [0.1, 0.15) is 0 Å². The number of nitrogens with one attached hydrogen (secondary N) is 2. The van der Waals surface area contributed by atoms with Crippen molar-refractivity contribution in [2.45, 2.75) is 31.0 Å². The molecule has 30 heavy (non-hydrogen) atoms. The van der Waals surface area contributed by atoms with Gasteiger partial charge in [0.25, 0.3) is 0 Å². The summed E-state index contributed by atoms with van der Waals surface area (Å²) in [6.45, 7) is 1.93. The van der Waals surface area contributed by atoms with E-state index in [9.17, 15) is 13.2 Å². The number of alkyl halides is 3. The van der Waals surface area contributed by atoms with E-state index < -0.39 is 12.1 Å². The molecule has 2 nitrogen and oxygen atoms in total. The second-order valence-corrected chi connectivity index (χ2v) is 9.13. The monoisotopic (exact) mass is 540 g/mol. The molecule has 1 aliphatic heterocycles. The van der Waals surface area contributed by atoms with Crippen LogP contribution in [0.25, 0.3) is 6.08 Å². The van der Waals surface area contributed by atoms with E-state index in [1.165, 1.54) is 18.2 Å². The maximum atomic E-state index is 13.7. The second-order valence-electron chi connectivity index (χ2n) is 7.08. The van der Waals surface area contributed by atoms with Gasteiger partial charge in [-0.05, 0) is 77.3 Å². The molecule has 0 amide bonds. The van der Waals surface area contributed by atoms with Gasteiger partial charge in [0.15, 0.2) is 0 Å². The molecule has 1 saturated heterocycles. The van der Waals surface area contributed by atoms with Crippen LogP contribution in [0.2, 0.25) is 15.1 Å². The van der Waals surface area contributed by atoms with E-state index in [0.717, 1.165) is 42.2 Å². The lowest BCUT2D eigenvalue weighted by atomic mass is 9.97. The zero-order valence-electron chi connectivity index (χ0n) is 15.7. The van der Waals surface area contributed by atoms with E-state index in [2.05, 4.69) is 26.6 Å². The van der Waals surface area contributed by atoms with Crippen LogP contribution in [0, 0.1) is 0 Å². The van der Waals surface area contributed by atoms with Crippen molar-refractivity contribution in [2.24, 2.45) is 0 Å². The van der Waals surface area contributed by atoms with Gasteiger partial charge in [-0.25, -0.2) is 0 Å². The lowest BCUT2D eigenvalue weighted by Crippen LogP contribution is -2.35. The maximum absolute atomic E-state index is 13.7. The van der Waals surface area contributed by atoms with Gasteiger partial charge in [-0.2, -0.15) is 13.2 Å². The number of benzene rings is 2. The Hall–Kier alpha value is -0.920. The molecule has 2 aromatic carbocycles. The minimum atomic E-state index is -4.51. The molecule has 2 aromatic rings. The van der Waals surface area contributed by atoms with Crippen LogP contribution in [0.1, 0.15) is 29.9 Å². The molecule has 0 bridgehead atoms. The molecule has 1 heterocycles. The van der Waals surface area contributed by atoms with E-state index in [4.69, 9.17) is 34.8 Å². The summed E-state index contributed by atoms with van der Waals surface area (Å²) in [7, 11) is 0. The largest absolute Gasteiger partial charge is 0.399 e. The number of hydrogen-bond acceptors (Lipinski definition) is 2. The van der Waals surface area contributed by atoms with E-state index in [1.807, 2.05) is 6.07 Å². The summed E-state index contributed by atoms with van der Waals surface area (Å²) >= 11 is 21.2. The number of allylic oxidation sites excluding steroid dienone is 1. The molecule has 3 rings (SSSR count).